The van der Waals surface area contributed by atoms with Crippen LogP contribution in [-0.4, -0.2) is 30.5 Å². The molecule has 0 aliphatic carbocycles. The van der Waals surface area contributed by atoms with Crippen LogP contribution in [0.25, 0.3) is 0 Å². The van der Waals surface area contributed by atoms with Gasteiger partial charge in [0.2, 0.25) is 0 Å². The summed E-state index contributed by atoms with van der Waals surface area (Å²) in [5, 5.41) is 6.11. The Morgan fingerprint density at radius 3 is 2.53 bits per heavy atom. The number of hydrogen-bond donors (Lipinski definition) is 2. The van der Waals surface area contributed by atoms with Crippen molar-refractivity contribution in [3.63, 3.8) is 0 Å². The highest BCUT2D eigenvalue weighted by Gasteiger charge is 2.07. The van der Waals surface area contributed by atoms with Crippen LogP contribution in [0.4, 0.5) is 5.69 Å². The molecule has 0 unspecified atom stereocenters. The summed E-state index contributed by atoms with van der Waals surface area (Å²) in [6.45, 7) is 0.0929. The lowest BCUT2D eigenvalue weighted by molar-refractivity contribution is -0.141. The number of hydrogen-bond acceptors (Lipinski definition) is 4. The van der Waals surface area contributed by atoms with Gasteiger partial charge < -0.3 is 15.4 Å². The van der Waals surface area contributed by atoms with E-state index in [1.807, 2.05) is 30.3 Å². The van der Waals surface area contributed by atoms with E-state index >= 15 is 0 Å². The van der Waals surface area contributed by atoms with Gasteiger partial charge in [-0.25, -0.2) is 0 Å². The molecule has 1 aromatic rings. The van der Waals surface area contributed by atoms with E-state index in [1.54, 1.807) is 0 Å². The molecule has 102 valence electrons. The van der Waals surface area contributed by atoms with Crippen LogP contribution in [0.1, 0.15) is 12.8 Å². The summed E-state index contributed by atoms with van der Waals surface area (Å²) < 4.78 is 4.46. The summed E-state index contributed by atoms with van der Waals surface area (Å²) in [6, 6.07) is 9.40. The molecule has 6 heteroatoms. The van der Waals surface area contributed by atoms with Crippen LogP contribution in [0.15, 0.2) is 30.3 Å². The molecule has 0 saturated carbocycles. The largest absolute Gasteiger partial charge is 0.469 e. The zero-order chi connectivity index (χ0) is 14.1. The Morgan fingerprint density at radius 1 is 1.21 bits per heavy atom. The molecule has 0 bridgehead atoms. The van der Waals surface area contributed by atoms with Gasteiger partial charge in [-0.05, 0) is 24.4 Å². The summed E-state index contributed by atoms with van der Waals surface area (Å²) in [7, 11) is 1.30. The number of rotatable bonds is 6. The number of methoxy groups -OCH3 is 1. The lowest BCUT2D eigenvalue weighted by Gasteiger charge is -2.09. The van der Waals surface area contributed by atoms with Crippen LogP contribution >= 0.6 is 12.2 Å². The first kappa shape index (κ1) is 15.1. The summed E-state index contributed by atoms with van der Waals surface area (Å²) in [5.41, 5.74) is 0.849. The Hall–Kier alpha value is -1.95. The molecule has 0 spiro atoms. The van der Waals surface area contributed by atoms with Crippen molar-refractivity contribution in [3.8, 4) is 0 Å². The van der Waals surface area contributed by atoms with Crippen LogP contribution < -0.4 is 10.6 Å². The maximum atomic E-state index is 11.5. The first-order valence-electron chi connectivity index (χ1n) is 5.80. The Bertz CT molecular complexity index is 448. The molecule has 0 heterocycles. The van der Waals surface area contributed by atoms with Gasteiger partial charge in [-0.15, -0.1) is 0 Å². The summed E-state index contributed by atoms with van der Waals surface area (Å²) in [4.78, 5) is 22.3. The molecule has 19 heavy (non-hydrogen) atoms. The molecule has 1 aromatic carbocycles. The Kier molecular flexibility index (Phi) is 6.52. The van der Waals surface area contributed by atoms with Crippen LogP contribution in [0, 0.1) is 0 Å². The Labute approximate surface area is 117 Å². The van der Waals surface area contributed by atoms with Crippen LogP contribution in [0.2, 0.25) is 0 Å². The zero-order valence-electron chi connectivity index (χ0n) is 10.6. The molecule has 0 saturated heterocycles. The highest BCUT2D eigenvalue weighted by Crippen LogP contribution is 2.04. The number of esters is 1. The van der Waals surface area contributed by atoms with Gasteiger partial charge >= 0.3 is 5.97 Å². The van der Waals surface area contributed by atoms with Crippen molar-refractivity contribution in [2.75, 3.05) is 19.0 Å². The Balaban J connectivity index is 2.23. The number of ketones is 1. The topological polar surface area (TPSA) is 67.4 Å². The molecule has 5 nitrogen and oxygen atoms in total. The number of para-hydroxylation sites is 1. The van der Waals surface area contributed by atoms with E-state index in [0.29, 0.717) is 5.11 Å². The van der Waals surface area contributed by atoms with Crippen molar-refractivity contribution >= 4 is 34.8 Å². The third kappa shape index (κ3) is 6.52. The van der Waals surface area contributed by atoms with Crippen molar-refractivity contribution in [1.82, 2.24) is 5.32 Å². The van der Waals surface area contributed by atoms with Gasteiger partial charge in [-0.3, -0.25) is 9.59 Å². The van der Waals surface area contributed by atoms with E-state index in [1.165, 1.54) is 7.11 Å². The second-order valence-corrected chi connectivity index (χ2v) is 4.20. The van der Waals surface area contributed by atoms with E-state index in [9.17, 15) is 9.59 Å². The fourth-order valence-corrected chi connectivity index (χ4v) is 1.50. The van der Waals surface area contributed by atoms with Crippen LogP contribution in [-0.2, 0) is 14.3 Å². The van der Waals surface area contributed by atoms with E-state index in [4.69, 9.17) is 12.2 Å². The average Bonchev–Trinajstić information content (AvgIpc) is 2.43. The monoisotopic (exact) mass is 280 g/mol. The quantitative estimate of drug-likeness (QED) is 0.608. The second-order valence-electron chi connectivity index (χ2n) is 3.79. The molecule has 2 N–H and O–H groups in total. The molecular weight excluding hydrogens is 264 g/mol. The van der Waals surface area contributed by atoms with Crippen LogP contribution in [0.5, 0.6) is 0 Å². The van der Waals surface area contributed by atoms with E-state index < -0.39 is 5.97 Å². The second kappa shape index (κ2) is 8.20. The SMILES string of the molecule is COC(=O)CCC(=O)CNC(=S)Nc1ccccc1. The van der Waals surface area contributed by atoms with Crippen molar-refractivity contribution in [2.45, 2.75) is 12.8 Å². The fourth-order valence-electron chi connectivity index (χ4n) is 1.31. The number of carbonyl (C=O) groups excluding carboxylic acids is 2. The number of anilines is 1. The molecule has 0 aliphatic heterocycles. The minimum atomic E-state index is -0.390. The summed E-state index contributed by atoms with van der Waals surface area (Å²) in [5.74, 6) is -0.485. The molecule has 0 fully saturated rings. The van der Waals surface area contributed by atoms with Crippen molar-refractivity contribution in [1.29, 1.82) is 0 Å². The standard InChI is InChI=1S/C13H16N2O3S/c1-18-12(17)8-7-11(16)9-14-13(19)15-10-5-3-2-4-6-10/h2-6H,7-9H2,1H3,(H2,14,15,19). The molecule has 0 aliphatic rings. The normalized spacial score (nSPS) is 9.53. The minimum Gasteiger partial charge on any atom is -0.469 e. The van der Waals surface area contributed by atoms with Gasteiger partial charge in [-0.1, -0.05) is 18.2 Å². The van der Waals surface area contributed by atoms with E-state index in [0.717, 1.165) is 5.69 Å². The number of nitrogens with one attached hydrogen (secondary N) is 2. The summed E-state index contributed by atoms with van der Waals surface area (Å²) in [6.07, 6.45) is 0.240. The highest BCUT2D eigenvalue weighted by molar-refractivity contribution is 7.80. The maximum Gasteiger partial charge on any atom is 0.305 e. The predicted molar refractivity (Wildman–Crippen MR) is 76.9 cm³/mol. The summed E-state index contributed by atoms with van der Waals surface area (Å²) >= 11 is 5.05. The van der Waals surface area contributed by atoms with E-state index in [2.05, 4.69) is 15.4 Å². The third-order valence-electron chi connectivity index (χ3n) is 2.31. The zero-order valence-corrected chi connectivity index (χ0v) is 11.5. The molecule has 1 rings (SSSR count). The number of thiocarbonyl (C=S) groups is 1. The molecule has 0 radical (unpaired) electrons. The lowest BCUT2D eigenvalue weighted by Crippen LogP contribution is -2.33. The average molecular weight is 280 g/mol. The number of benzene rings is 1. The lowest BCUT2D eigenvalue weighted by atomic mass is 10.2. The van der Waals surface area contributed by atoms with Crippen molar-refractivity contribution in [3.05, 3.63) is 30.3 Å². The molecule has 0 amide bonds. The number of carbonyl (C=O) groups is 2. The smallest absolute Gasteiger partial charge is 0.305 e. The van der Waals surface area contributed by atoms with Gasteiger partial charge in [0.1, 0.15) is 0 Å². The minimum absolute atomic E-state index is 0.0929. The number of ether oxygens (including phenoxy) is 1. The van der Waals surface area contributed by atoms with Gasteiger partial charge in [0, 0.05) is 12.1 Å². The Morgan fingerprint density at radius 2 is 1.89 bits per heavy atom. The van der Waals surface area contributed by atoms with E-state index in [-0.39, 0.29) is 25.2 Å². The first-order chi connectivity index (χ1) is 9.11. The van der Waals surface area contributed by atoms with Crippen LogP contribution in [0.3, 0.4) is 0 Å². The van der Waals surface area contributed by atoms with Crippen molar-refractivity contribution < 1.29 is 14.3 Å². The van der Waals surface area contributed by atoms with Gasteiger partial charge in [0.05, 0.1) is 20.1 Å². The van der Waals surface area contributed by atoms with Crippen molar-refractivity contribution in [2.24, 2.45) is 0 Å². The maximum absolute atomic E-state index is 11.5. The molecule has 0 aromatic heterocycles. The highest BCUT2D eigenvalue weighted by atomic mass is 32.1. The molecular formula is C13H16N2O3S. The molecule has 0 atom stereocenters. The van der Waals surface area contributed by atoms with Gasteiger partial charge in [-0.2, -0.15) is 0 Å². The fraction of sp³-hybridized carbons (Fsp3) is 0.308. The van der Waals surface area contributed by atoms with Gasteiger partial charge in [0.15, 0.2) is 10.9 Å². The van der Waals surface area contributed by atoms with Gasteiger partial charge in [0.25, 0.3) is 0 Å². The third-order valence-corrected chi connectivity index (χ3v) is 2.56. The number of Topliss-reactive ketones (excluding diaryl/α,β-unsaturated/α-hetero) is 1. The predicted octanol–water partition coefficient (Wildman–Crippen LogP) is 1.50. The first-order valence-corrected chi connectivity index (χ1v) is 6.21.